The maximum atomic E-state index is 12.3. The van der Waals surface area contributed by atoms with Crippen LogP contribution in [0.2, 0.25) is 0 Å². The van der Waals surface area contributed by atoms with E-state index in [2.05, 4.69) is 22.3 Å². The van der Waals surface area contributed by atoms with Crippen LogP contribution in [0.25, 0.3) is 0 Å². The van der Waals surface area contributed by atoms with Gasteiger partial charge in [0.05, 0.1) is 6.04 Å². The lowest BCUT2D eigenvalue weighted by molar-refractivity contribution is -0.122. The zero-order valence-electron chi connectivity index (χ0n) is 14.8. The summed E-state index contributed by atoms with van der Waals surface area (Å²) in [5, 5.41) is 3.12. The summed E-state index contributed by atoms with van der Waals surface area (Å²) in [6.07, 6.45) is 5.53. The monoisotopic (exact) mass is 330 g/mol. The Morgan fingerprint density at radius 3 is 2.75 bits per heavy atom. The number of nitrogens with zero attached hydrogens (tertiary/aromatic N) is 1. The molecule has 0 aliphatic carbocycles. The lowest BCUT2D eigenvalue weighted by Gasteiger charge is -2.45. The molecule has 0 radical (unpaired) electrons. The van der Waals surface area contributed by atoms with E-state index in [4.69, 9.17) is 4.74 Å². The van der Waals surface area contributed by atoms with Gasteiger partial charge in [0.15, 0.2) is 0 Å². The second kappa shape index (κ2) is 8.13. The fourth-order valence-electron chi connectivity index (χ4n) is 4.11. The zero-order chi connectivity index (χ0) is 16.8. The van der Waals surface area contributed by atoms with Crippen molar-refractivity contribution in [1.82, 2.24) is 10.2 Å². The molecule has 3 rings (SSSR count). The first-order chi connectivity index (χ1) is 11.7. The highest BCUT2D eigenvalue weighted by atomic mass is 16.5. The van der Waals surface area contributed by atoms with E-state index < -0.39 is 0 Å². The van der Waals surface area contributed by atoms with E-state index in [0.29, 0.717) is 11.8 Å². The molecule has 132 valence electrons. The number of nitrogens with one attached hydrogen (secondary N) is 1. The fraction of sp³-hybridized carbons (Fsp3) is 0.650. The molecule has 2 aliphatic rings. The molecule has 1 atom stereocenters. The molecule has 1 N–H and O–H groups in total. The van der Waals surface area contributed by atoms with Gasteiger partial charge in [0.25, 0.3) is 0 Å². The molecule has 0 saturated carbocycles. The Bertz CT molecular complexity index is 520. The molecular weight excluding hydrogens is 300 g/mol. The molecule has 2 fully saturated rings. The van der Waals surface area contributed by atoms with E-state index in [1.165, 1.54) is 25.7 Å². The average molecular weight is 330 g/mol. The molecule has 0 unspecified atom stereocenters. The van der Waals surface area contributed by atoms with E-state index in [-0.39, 0.29) is 11.9 Å². The summed E-state index contributed by atoms with van der Waals surface area (Å²) in [6.45, 7) is 6.99. The van der Waals surface area contributed by atoms with Gasteiger partial charge in [0, 0.05) is 32.7 Å². The van der Waals surface area contributed by atoms with Crippen molar-refractivity contribution in [3.05, 3.63) is 35.9 Å². The van der Waals surface area contributed by atoms with Gasteiger partial charge in [-0.25, -0.2) is 0 Å². The molecule has 0 bridgehead atoms. The van der Waals surface area contributed by atoms with Crippen molar-refractivity contribution in [3.8, 4) is 0 Å². The number of hydrogen-bond donors (Lipinski definition) is 1. The van der Waals surface area contributed by atoms with Crippen molar-refractivity contribution in [1.29, 1.82) is 0 Å². The predicted molar refractivity (Wildman–Crippen MR) is 95.8 cm³/mol. The Kier molecular flexibility index (Phi) is 5.90. The number of rotatable bonds is 5. The molecule has 2 heterocycles. The Hall–Kier alpha value is -1.39. The predicted octanol–water partition coefficient (Wildman–Crippen LogP) is 3.15. The third kappa shape index (κ3) is 4.58. The summed E-state index contributed by atoms with van der Waals surface area (Å²) < 4.78 is 5.53. The van der Waals surface area contributed by atoms with Gasteiger partial charge in [0.2, 0.25) is 5.91 Å². The highest BCUT2D eigenvalue weighted by Crippen LogP contribution is 2.39. The summed E-state index contributed by atoms with van der Waals surface area (Å²) in [4.78, 5) is 14.8. The van der Waals surface area contributed by atoms with Crippen LogP contribution in [-0.4, -0.2) is 43.7 Å². The molecule has 4 nitrogen and oxygen atoms in total. The maximum Gasteiger partial charge on any atom is 0.221 e. The van der Waals surface area contributed by atoms with Gasteiger partial charge >= 0.3 is 0 Å². The van der Waals surface area contributed by atoms with E-state index in [1.807, 2.05) is 25.1 Å². The third-order valence-electron chi connectivity index (χ3n) is 5.63. The summed E-state index contributed by atoms with van der Waals surface area (Å²) in [6, 6.07) is 10.2. The van der Waals surface area contributed by atoms with Crippen LogP contribution in [0.4, 0.5) is 0 Å². The Balaban J connectivity index is 1.44. The molecule has 1 aromatic carbocycles. The fourth-order valence-corrected chi connectivity index (χ4v) is 4.11. The summed E-state index contributed by atoms with van der Waals surface area (Å²) in [5.74, 6) is 0.151. The number of carbonyl (C=O) groups excluding carboxylic acids is 1. The van der Waals surface area contributed by atoms with E-state index in [9.17, 15) is 4.79 Å². The summed E-state index contributed by atoms with van der Waals surface area (Å²) in [5.41, 5.74) is 1.61. The highest BCUT2D eigenvalue weighted by molar-refractivity contribution is 5.76. The summed E-state index contributed by atoms with van der Waals surface area (Å²) >= 11 is 0. The Labute approximate surface area is 145 Å². The minimum atomic E-state index is 0.0712. The highest BCUT2D eigenvalue weighted by Gasteiger charge is 2.36. The van der Waals surface area contributed by atoms with Crippen molar-refractivity contribution >= 4 is 5.91 Å². The van der Waals surface area contributed by atoms with Gasteiger partial charge in [0.1, 0.15) is 0 Å². The Morgan fingerprint density at radius 1 is 1.25 bits per heavy atom. The molecule has 0 aromatic heterocycles. The largest absolute Gasteiger partial charge is 0.381 e. The molecule has 1 aromatic rings. The zero-order valence-corrected chi connectivity index (χ0v) is 14.8. The number of amides is 1. The minimum Gasteiger partial charge on any atom is -0.381 e. The topological polar surface area (TPSA) is 41.6 Å². The summed E-state index contributed by atoms with van der Waals surface area (Å²) in [7, 11) is 0. The van der Waals surface area contributed by atoms with Crippen LogP contribution in [0, 0.1) is 5.41 Å². The average Bonchev–Trinajstić information content (AvgIpc) is 2.61. The third-order valence-corrected chi connectivity index (χ3v) is 5.63. The van der Waals surface area contributed by atoms with Crippen LogP contribution in [0.3, 0.4) is 0 Å². The first-order valence-corrected chi connectivity index (χ1v) is 9.31. The van der Waals surface area contributed by atoms with E-state index in [1.54, 1.807) is 0 Å². The van der Waals surface area contributed by atoms with Crippen molar-refractivity contribution in [2.24, 2.45) is 5.41 Å². The van der Waals surface area contributed by atoms with Crippen LogP contribution in [0.5, 0.6) is 0 Å². The molecule has 4 heteroatoms. The standard InChI is InChI=1S/C20H30N2O2/c1-17(18-6-3-2-4-7-18)21-19(23)8-13-22-12-5-9-20(16-22)10-14-24-15-11-20/h2-4,6-7,17H,5,8-16H2,1H3,(H,21,23)/t17-/m1/s1. The molecule has 1 amide bonds. The van der Waals surface area contributed by atoms with Crippen molar-refractivity contribution in [2.45, 2.75) is 45.1 Å². The lowest BCUT2D eigenvalue weighted by Crippen LogP contribution is -2.47. The van der Waals surface area contributed by atoms with Gasteiger partial charge in [-0.2, -0.15) is 0 Å². The van der Waals surface area contributed by atoms with Crippen LogP contribution in [0.1, 0.15) is 50.6 Å². The Morgan fingerprint density at radius 2 is 2.00 bits per heavy atom. The van der Waals surface area contributed by atoms with Crippen LogP contribution in [-0.2, 0) is 9.53 Å². The molecule has 2 saturated heterocycles. The van der Waals surface area contributed by atoms with Gasteiger partial charge in [-0.1, -0.05) is 30.3 Å². The quantitative estimate of drug-likeness (QED) is 0.902. The first kappa shape index (κ1) is 17.4. The maximum absolute atomic E-state index is 12.3. The SMILES string of the molecule is C[C@@H](NC(=O)CCN1CCCC2(CCOCC2)C1)c1ccccc1. The number of ether oxygens (including phenoxy) is 1. The van der Waals surface area contributed by atoms with E-state index in [0.717, 1.165) is 38.4 Å². The number of piperidine rings is 1. The van der Waals surface area contributed by atoms with Crippen LogP contribution < -0.4 is 5.32 Å². The van der Waals surface area contributed by atoms with Crippen molar-refractivity contribution in [2.75, 3.05) is 32.8 Å². The minimum absolute atomic E-state index is 0.0712. The molecule has 2 aliphatic heterocycles. The second-order valence-electron chi connectivity index (χ2n) is 7.44. The number of carbonyl (C=O) groups is 1. The van der Waals surface area contributed by atoms with Gasteiger partial charge in [-0.3, -0.25) is 4.79 Å². The molecule has 24 heavy (non-hydrogen) atoms. The molecular formula is C20H30N2O2. The number of likely N-dealkylation sites (tertiary alicyclic amines) is 1. The van der Waals surface area contributed by atoms with E-state index >= 15 is 0 Å². The number of benzene rings is 1. The first-order valence-electron chi connectivity index (χ1n) is 9.31. The second-order valence-corrected chi connectivity index (χ2v) is 7.44. The van der Waals surface area contributed by atoms with Crippen molar-refractivity contribution in [3.63, 3.8) is 0 Å². The normalized spacial score (nSPS) is 22.2. The van der Waals surface area contributed by atoms with Crippen LogP contribution >= 0.6 is 0 Å². The van der Waals surface area contributed by atoms with Crippen LogP contribution in [0.15, 0.2) is 30.3 Å². The smallest absolute Gasteiger partial charge is 0.221 e. The lowest BCUT2D eigenvalue weighted by atomic mass is 9.74. The van der Waals surface area contributed by atoms with Gasteiger partial charge in [-0.15, -0.1) is 0 Å². The van der Waals surface area contributed by atoms with Gasteiger partial charge < -0.3 is 15.0 Å². The number of hydrogen-bond acceptors (Lipinski definition) is 3. The van der Waals surface area contributed by atoms with Crippen molar-refractivity contribution < 1.29 is 9.53 Å². The molecule has 1 spiro atoms. The van der Waals surface area contributed by atoms with Gasteiger partial charge in [-0.05, 0) is 50.1 Å².